The van der Waals surface area contributed by atoms with E-state index in [9.17, 15) is 10.1 Å². The fraction of sp³-hybridized carbons (Fsp3) is 0. The fourth-order valence-corrected chi connectivity index (χ4v) is 4.00. The highest BCUT2D eigenvalue weighted by molar-refractivity contribution is 6.00. The van der Waals surface area contributed by atoms with Gasteiger partial charge < -0.3 is 4.90 Å². The van der Waals surface area contributed by atoms with E-state index in [0.717, 1.165) is 33.8 Å². The Morgan fingerprint density at radius 1 is 0.633 bits per heavy atom. The zero-order valence-electron chi connectivity index (χ0n) is 16.1. The zero-order valence-corrected chi connectivity index (χ0v) is 16.1. The molecule has 4 aromatic carbocycles. The van der Waals surface area contributed by atoms with Gasteiger partial charge in [-0.2, -0.15) is 0 Å². The van der Waals surface area contributed by atoms with Gasteiger partial charge in [0, 0.05) is 17.3 Å². The zero-order chi connectivity index (χ0) is 20.5. The Kier molecular flexibility index (Phi) is 4.37. The molecule has 0 amide bonds. The lowest BCUT2D eigenvalue weighted by molar-refractivity contribution is -0.384. The summed E-state index contributed by atoms with van der Waals surface area (Å²) < 4.78 is 0. The normalized spacial score (nSPS) is 12.1. The molecule has 1 heterocycles. The van der Waals surface area contributed by atoms with Crippen LogP contribution >= 0.6 is 0 Å². The van der Waals surface area contributed by atoms with E-state index in [2.05, 4.69) is 41.3 Å². The van der Waals surface area contributed by atoms with Crippen molar-refractivity contribution in [2.45, 2.75) is 0 Å². The van der Waals surface area contributed by atoms with Crippen molar-refractivity contribution in [2.75, 3.05) is 4.90 Å². The van der Waals surface area contributed by atoms with Crippen LogP contribution in [0, 0.1) is 10.1 Å². The van der Waals surface area contributed by atoms with Gasteiger partial charge in [-0.1, -0.05) is 78.9 Å². The second-order valence-electron chi connectivity index (χ2n) is 7.08. The van der Waals surface area contributed by atoms with Crippen LogP contribution in [0.3, 0.4) is 0 Å². The molecule has 0 aliphatic carbocycles. The van der Waals surface area contributed by atoms with Gasteiger partial charge in [-0.3, -0.25) is 10.1 Å². The van der Waals surface area contributed by atoms with Gasteiger partial charge in [0.2, 0.25) is 0 Å². The molecule has 0 fully saturated rings. The molecule has 0 saturated heterocycles. The second kappa shape index (κ2) is 7.33. The third-order valence-corrected chi connectivity index (χ3v) is 5.32. The number of anilines is 3. The number of fused-ring (bicyclic) bond motifs is 2. The lowest BCUT2D eigenvalue weighted by Crippen LogP contribution is -2.13. The number of nitrogens with zero attached hydrogens (tertiary/aromatic N) is 2. The average Bonchev–Trinajstić information content (AvgIpc) is 2.96. The van der Waals surface area contributed by atoms with Crippen LogP contribution in [0.5, 0.6) is 0 Å². The highest BCUT2D eigenvalue weighted by Crippen LogP contribution is 2.47. The summed E-state index contributed by atoms with van der Waals surface area (Å²) in [5.74, 6) is 0. The maximum absolute atomic E-state index is 11.8. The molecule has 0 radical (unpaired) electrons. The van der Waals surface area contributed by atoms with Gasteiger partial charge in [0.05, 0.1) is 21.9 Å². The fourth-order valence-electron chi connectivity index (χ4n) is 4.00. The molecule has 1 aliphatic rings. The van der Waals surface area contributed by atoms with Gasteiger partial charge >= 0.3 is 0 Å². The van der Waals surface area contributed by atoms with Gasteiger partial charge in [-0.15, -0.1) is 0 Å². The number of rotatable bonds is 3. The van der Waals surface area contributed by atoms with Crippen molar-refractivity contribution in [3.05, 3.63) is 118 Å². The summed E-state index contributed by atoms with van der Waals surface area (Å²) in [5, 5.41) is 11.8. The third kappa shape index (κ3) is 2.95. The van der Waals surface area contributed by atoms with Gasteiger partial charge in [0.15, 0.2) is 0 Å². The molecule has 5 rings (SSSR count). The molecule has 0 bridgehead atoms. The van der Waals surface area contributed by atoms with E-state index in [1.54, 1.807) is 12.1 Å². The lowest BCUT2D eigenvalue weighted by atomic mass is 9.97. The van der Waals surface area contributed by atoms with Crippen LogP contribution in [-0.2, 0) is 0 Å². The third-order valence-electron chi connectivity index (χ3n) is 5.32. The summed E-state index contributed by atoms with van der Waals surface area (Å²) in [5.41, 5.74) is 6.58. The monoisotopic (exact) mass is 390 g/mol. The Morgan fingerprint density at radius 3 is 2.10 bits per heavy atom. The van der Waals surface area contributed by atoms with Crippen molar-refractivity contribution < 1.29 is 4.92 Å². The van der Waals surface area contributed by atoms with Crippen molar-refractivity contribution in [1.29, 1.82) is 0 Å². The van der Waals surface area contributed by atoms with Crippen molar-refractivity contribution in [3.63, 3.8) is 0 Å². The highest BCUT2D eigenvalue weighted by Gasteiger charge is 2.25. The maximum atomic E-state index is 11.8. The second-order valence-corrected chi connectivity index (χ2v) is 7.08. The van der Waals surface area contributed by atoms with Crippen molar-refractivity contribution in [3.8, 4) is 11.1 Å². The van der Waals surface area contributed by atoms with Crippen LogP contribution in [0.15, 0.2) is 97.1 Å². The molecule has 0 saturated carbocycles. The number of hydrogen-bond acceptors (Lipinski definition) is 3. The molecule has 1 aliphatic heterocycles. The van der Waals surface area contributed by atoms with Crippen LogP contribution in [0.25, 0.3) is 23.3 Å². The topological polar surface area (TPSA) is 46.4 Å². The van der Waals surface area contributed by atoms with E-state index in [4.69, 9.17) is 0 Å². The molecule has 4 nitrogen and oxygen atoms in total. The molecule has 30 heavy (non-hydrogen) atoms. The molecule has 144 valence electrons. The SMILES string of the molecule is O=[N+]([O-])c1ccccc1-c1cccc2c1N(c1ccccc1)c1ccccc1C=C2. The van der Waals surface area contributed by atoms with Gasteiger partial charge in [0.25, 0.3) is 5.69 Å². The molecule has 0 spiro atoms. The highest BCUT2D eigenvalue weighted by atomic mass is 16.6. The van der Waals surface area contributed by atoms with E-state index in [-0.39, 0.29) is 10.6 Å². The Hall–Kier alpha value is -4.18. The van der Waals surface area contributed by atoms with E-state index in [0.29, 0.717) is 5.56 Å². The van der Waals surface area contributed by atoms with Gasteiger partial charge in [-0.25, -0.2) is 0 Å². The number of benzene rings is 4. The van der Waals surface area contributed by atoms with Crippen molar-refractivity contribution in [2.24, 2.45) is 0 Å². The Bertz CT molecular complexity index is 1280. The van der Waals surface area contributed by atoms with Crippen LogP contribution in [0.2, 0.25) is 0 Å². The first-order chi connectivity index (χ1) is 14.7. The first kappa shape index (κ1) is 17.9. The number of nitro groups is 1. The minimum Gasteiger partial charge on any atom is -0.309 e. The van der Waals surface area contributed by atoms with Crippen LogP contribution < -0.4 is 4.90 Å². The van der Waals surface area contributed by atoms with E-state index < -0.39 is 0 Å². The molecule has 0 aromatic heterocycles. The maximum Gasteiger partial charge on any atom is 0.277 e. The first-order valence-electron chi connectivity index (χ1n) is 9.73. The Balaban J connectivity index is 1.86. The van der Waals surface area contributed by atoms with Gasteiger partial charge in [-0.05, 0) is 35.4 Å². The van der Waals surface area contributed by atoms with E-state index in [1.165, 1.54) is 0 Å². The summed E-state index contributed by atoms with van der Waals surface area (Å²) in [6, 6.07) is 31.2. The summed E-state index contributed by atoms with van der Waals surface area (Å²) in [6.07, 6.45) is 4.18. The van der Waals surface area contributed by atoms with Crippen LogP contribution in [-0.4, -0.2) is 4.92 Å². The minimum atomic E-state index is -0.317. The quantitative estimate of drug-likeness (QED) is 0.241. The largest absolute Gasteiger partial charge is 0.309 e. The predicted molar refractivity (Wildman–Crippen MR) is 122 cm³/mol. The summed E-state index contributed by atoms with van der Waals surface area (Å²) in [7, 11) is 0. The molecular formula is C26H18N2O2. The number of para-hydroxylation sites is 4. The Labute approximate surface area is 174 Å². The number of nitro benzene ring substituents is 1. The van der Waals surface area contributed by atoms with Gasteiger partial charge in [0.1, 0.15) is 0 Å². The average molecular weight is 390 g/mol. The first-order valence-corrected chi connectivity index (χ1v) is 9.73. The molecule has 0 unspecified atom stereocenters. The smallest absolute Gasteiger partial charge is 0.277 e. The molecule has 4 heteroatoms. The molecule has 0 N–H and O–H groups in total. The summed E-state index contributed by atoms with van der Waals surface area (Å²) >= 11 is 0. The standard InChI is InChI=1S/C26H18N2O2/c29-28(30)25-16-7-5-13-22(25)23-14-8-10-20-18-17-19-9-4-6-15-24(19)27(26(20)23)21-11-2-1-3-12-21/h1-18H. The summed E-state index contributed by atoms with van der Waals surface area (Å²) in [4.78, 5) is 13.6. The molecule has 4 aromatic rings. The van der Waals surface area contributed by atoms with E-state index >= 15 is 0 Å². The minimum absolute atomic E-state index is 0.0976. The lowest BCUT2D eigenvalue weighted by Gasteiger charge is -2.29. The Morgan fingerprint density at radius 2 is 1.27 bits per heavy atom. The predicted octanol–water partition coefficient (Wildman–Crippen LogP) is 7.22. The van der Waals surface area contributed by atoms with Crippen molar-refractivity contribution in [1.82, 2.24) is 0 Å². The number of hydrogen-bond donors (Lipinski definition) is 0. The molecule has 0 atom stereocenters. The van der Waals surface area contributed by atoms with Crippen LogP contribution in [0.1, 0.15) is 11.1 Å². The van der Waals surface area contributed by atoms with Crippen LogP contribution in [0.4, 0.5) is 22.7 Å². The molecular weight excluding hydrogens is 372 g/mol. The van der Waals surface area contributed by atoms with Crippen molar-refractivity contribution >= 4 is 34.9 Å². The summed E-state index contributed by atoms with van der Waals surface area (Å²) in [6.45, 7) is 0. The van der Waals surface area contributed by atoms with E-state index in [1.807, 2.05) is 60.7 Å².